The fourth-order valence-electron chi connectivity index (χ4n) is 7.31. The van der Waals surface area contributed by atoms with Gasteiger partial charge >= 0.3 is 0 Å². The van der Waals surface area contributed by atoms with Crippen LogP contribution >= 0.6 is 0 Å². The molecule has 44 heavy (non-hydrogen) atoms. The first-order valence-corrected chi connectivity index (χ1v) is 15.4. The highest BCUT2D eigenvalue weighted by molar-refractivity contribution is 5.90. The Bertz CT molecular complexity index is 2020. The van der Waals surface area contributed by atoms with Crippen LogP contribution in [-0.4, -0.2) is 0 Å². The van der Waals surface area contributed by atoms with Crippen LogP contribution in [0.15, 0.2) is 140 Å². The highest BCUT2D eigenvalue weighted by Gasteiger charge is 2.43. The van der Waals surface area contributed by atoms with Crippen molar-refractivity contribution in [1.82, 2.24) is 0 Å². The molecular formula is C42H35NO. The summed E-state index contributed by atoms with van der Waals surface area (Å²) < 4.78 is 6.76. The summed E-state index contributed by atoms with van der Waals surface area (Å²) in [6.07, 6.45) is 0. The molecule has 1 heterocycles. The zero-order chi connectivity index (χ0) is 30.1. The molecule has 0 saturated heterocycles. The quantitative estimate of drug-likeness (QED) is 0.209. The van der Waals surface area contributed by atoms with E-state index in [0.29, 0.717) is 0 Å². The Morgan fingerprint density at radius 3 is 1.77 bits per heavy atom. The van der Waals surface area contributed by atoms with Crippen molar-refractivity contribution in [3.8, 4) is 33.8 Å². The van der Waals surface area contributed by atoms with E-state index in [1.807, 2.05) is 0 Å². The van der Waals surface area contributed by atoms with Crippen molar-refractivity contribution < 1.29 is 4.74 Å². The number of anilines is 3. The van der Waals surface area contributed by atoms with Gasteiger partial charge in [-0.2, -0.15) is 0 Å². The van der Waals surface area contributed by atoms with Gasteiger partial charge < -0.3 is 9.64 Å². The number of para-hydroxylation sites is 2. The number of ether oxygens (including phenoxy) is 1. The smallest absolute Gasteiger partial charge is 0.139 e. The fraction of sp³-hybridized carbons (Fsp3) is 0.143. The van der Waals surface area contributed by atoms with Crippen molar-refractivity contribution in [2.45, 2.75) is 38.5 Å². The van der Waals surface area contributed by atoms with Gasteiger partial charge in [-0.15, -0.1) is 0 Å². The second kappa shape index (κ2) is 9.72. The van der Waals surface area contributed by atoms with Crippen LogP contribution in [0.3, 0.4) is 0 Å². The minimum atomic E-state index is -0.181. The summed E-state index contributed by atoms with van der Waals surface area (Å²) in [6, 6.07) is 50.2. The molecular weight excluding hydrogens is 534 g/mol. The summed E-state index contributed by atoms with van der Waals surface area (Å²) in [5.74, 6) is 1.96. The standard InChI is InChI=1S/C42H35NO/c1-41(2)34-17-11-12-18-38(34)44-40-36(41)26-25-35-39(40)33-24-23-32(27-37(33)42(35,3)4)43(30-15-9-6-10-16-30)31-21-19-29(20-22-31)28-13-7-5-8-14-28/h5-27H,1-4H3. The summed E-state index contributed by atoms with van der Waals surface area (Å²) in [4.78, 5) is 2.36. The van der Waals surface area contributed by atoms with Crippen LogP contribution in [-0.2, 0) is 10.8 Å². The Morgan fingerprint density at radius 1 is 0.455 bits per heavy atom. The summed E-state index contributed by atoms with van der Waals surface area (Å²) in [5.41, 5.74) is 13.1. The van der Waals surface area contributed by atoms with Crippen LogP contribution < -0.4 is 9.64 Å². The zero-order valence-electron chi connectivity index (χ0n) is 25.6. The lowest BCUT2D eigenvalue weighted by atomic mass is 9.74. The average molecular weight is 570 g/mol. The first-order chi connectivity index (χ1) is 21.3. The largest absolute Gasteiger partial charge is 0.456 e. The van der Waals surface area contributed by atoms with Gasteiger partial charge in [0.15, 0.2) is 0 Å². The summed E-state index contributed by atoms with van der Waals surface area (Å²) in [7, 11) is 0. The van der Waals surface area contributed by atoms with Crippen LogP contribution in [0.25, 0.3) is 22.3 Å². The van der Waals surface area contributed by atoms with Crippen LogP contribution in [0.2, 0.25) is 0 Å². The van der Waals surface area contributed by atoms with Gasteiger partial charge in [0, 0.05) is 44.6 Å². The molecule has 0 spiro atoms. The van der Waals surface area contributed by atoms with Crippen LogP contribution in [0.5, 0.6) is 11.5 Å². The second-order valence-corrected chi connectivity index (χ2v) is 13.0. The van der Waals surface area contributed by atoms with E-state index in [-0.39, 0.29) is 10.8 Å². The van der Waals surface area contributed by atoms with E-state index in [9.17, 15) is 0 Å². The van der Waals surface area contributed by atoms with Crippen LogP contribution in [0.4, 0.5) is 17.1 Å². The molecule has 0 fully saturated rings. The lowest BCUT2D eigenvalue weighted by Gasteiger charge is -2.36. The van der Waals surface area contributed by atoms with Crippen molar-refractivity contribution in [3.05, 3.63) is 162 Å². The third-order valence-corrected chi connectivity index (χ3v) is 9.73. The van der Waals surface area contributed by atoms with Gasteiger partial charge in [0.05, 0.1) is 0 Å². The number of benzene rings is 6. The molecule has 214 valence electrons. The Morgan fingerprint density at radius 2 is 1.02 bits per heavy atom. The van der Waals surface area contributed by atoms with Gasteiger partial charge in [-0.05, 0) is 70.3 Å². The number of nitrogens with zero attached hydrogens (tertiary/aromatic N) is 1. The third kappa shape index (κ3) is 3.94. The average Bonchev–Trinajstić information content (AvgIpc) is 3.29. The maximum atomic E-state index is 6.76. The molecule has 8 rings (SSSR count). The fourth-order valence-corrected chi connectivity index (χ4v) is 7.31. The molecule has 0 bridgehead atoms. The Hall–Kier alpha value is -5.08. The maximum Gasteiger partial charge on any atom is 0.139 e. The molecule has 1 aliphatic heterocycles. The molecule has 0 radical (unpaired) electrons. The molecule has 2 aliphatic rings. The monoisotopic (exact) mass is 569 g/mol. The lowest BCUT2D eigenvalue weighted by molar-refractivity contribution is 0.419. The number of hydrogen-bond donors (Lipinski definition) is 0. The van der Waals surface area contributed by atoms with Gasteiger partial charge in [-0.3, -0.25) is 0 Å². The van der Waals surface area contributed by atoms with Gasteiger partial charge in [0.2, 0.25) is 0 Å². The molecule has 6 aromatic carbocycles. The summed E-state index contributed by atoms with van der Waals surface area (Å²) >= 11 is 0. The number of rotatable bonds is 4. The van der Waals surface area contributed by atoms with E-state index in [0.717, 1.165) is 28.6 Å². The van der Waals surface area contributed by atoms with Crippen molar-refractivity contribution in [1.29, 1.82) is 0 Å². The van der Waals surface area contributed by atoms with Crippen molar-refractivity contribution in [3.63, 3.8) is 0 Å². The van der Waals surface area contributed by atoms with E-state index in [2.05, 4.69) is 172 Å². The molecule has 0 unspecified atom stereocenters. The molecule has 6 aromatic rings. The van der Waals surface area contributed by atoms with Crippen molar-refractivity contribution >= 4 is 17.1 Å². The topological polar surface area (TPSA) is 12.5 Å². The number of hydrogen-bond acceptors (Lipinski definition) is 2. The predicted octanol–water partition coefficient (Wildman–Crippen LogP) is 11.6. The van der Waals surface area contributed by atoms with E-state index in [1.165, 1.54) is 44.5 Å². The molecule has 2 nitrogen and oxygen atoms in total. The summed E-state index contributed by atoms with van der Waals surface area (Å²) in [6.45, 7) is 9.31. The molecule has 0 N–H and O–H groups in total. The van der Waals surface area contributed by atoms with Gasteiger partial charge in [0.1, 0.15) is 11.5 Å². The molecule has 0 aromatic heterocycles. The molecule has 0 saturated carbocycles. The van der Waals surface area contributed by atoms with E-state index in [1.54, 1.807) is 0 Å². The van der Waals surface area contributed by atoms with E-state index >= 15 is 0 Å². The molecule has 2 heteroatoms. The van der Waals surface area contributed by atoms with Crippen LogP contribution in [0.1, 0.15) is 49.9 Å². The van der Waals surface area contributed by atoms with Gasteiger partial charge in [-0.1, -0.05) is 125 Å². The first-order valence-electron chi connectivity index (χ1n) is 15.4. The second-order valence-electron chi connectivity index (χ2n) is 13.0. The highest BCUT2D eigenvalue weighted by atomic mass is 16.5. The molecule has 0 atom stereocenters. The minimum Gasteiger partial charge on any atom is -0.456 e. The van der Waals surface area contributed by atoms with E-state index in [4.69, 9.17) is 4.74 Å². The summed E-state index contributed by atoms with van der Waals surface area (Å²) in [5, 5.41) is 0. The van der Waals surface area contributed by atoms with Gasteiger partial charge in [0.25, 0.3) is 0 Å². The van der Waals surface area contributed by atoms with Crippen molar-refractivity contribution in [2.75, 3.05) is 4.90 Å². The van der Waals surface area contributed by atoms with Crippen molar-refractivity contribution in [2.24, 2.45) is 0 Å². The first kappa shape index (κ1) is 26.5. The lowest BCUT2D eigenvalue weighted by Crippen LogP contribution is -2.25. The minimum absolute atomic E-state index is 0.151. The molecule has 1 aliphatic carbocycles. The van der Waals surface area contributed by atoms with E-state index < -0.39 is 0 Å². The highest BCUT2D eigenvalue weighted by Crippen LogP contribution is 2.59. The SMILES string of the molecule is CC1(C)c2ccccc2Oc2c1ccc1c2-c2ccc(N(c3ccccc3)c3ccc(-c4ccccc4)cc3)cc2C1(C)C. The van der Waals surface area contributed by atoms with Gasteiger partial charge in [-0.25, -0.2) is 0 Å². The Balaban J connectivity index is 1.26. The van der Waals surface area contributed by atoms with Crippen LogP contribution in [0, 0.1) is 0 Å². The Labute approximate surface area is 260 Å². The third-order valence-electron chi connectivity index (χ3n) is 9.73. The normalized spacial score (nSPS) is 14.9. The Kier molecular flexibility index (Phi) is 5.86. The maximum absolute atomic E-state index is 6.76. The zero-order valence-corrected chi connectivity index (χ0v) is 25.6. The predicted molar refractivity (Wildman–Crippen MR) is 183 cm³/mol. The molecule has 0 amide bonds. The number of fused-ring (bicyclic) bond motifs is 6.